The number of rotatable bonds is 35. The number of esters is 2. The van der Waals surface area contributed by atoms with E-state index in [2.05, 4.69) is 86.8 Å². The van der Waals surface area contributed by atoms with E-state index in [1.807, 2.05) is 12.2 Å². The van der Waals surface area contributed by atoms with Crippen LogP contribution in [-0.2, 0) is 32.7 Å². The molecule has 10 heteroatoms. The van der Waals surface area contributed by atoms with Crippen LogP contribution in [0.15, 0.2) is 85.1 Å². The summed E-state index contributed by atoms with van der Waals surface area (Å²) in [6.45, 7) is 3.46. The molecule has 0 saturated heterocycles. The summed E-state index contributed by atoms with van der Waals surface area (Å²) in [6.07, 6.45) is 46.3. The first-order valence-corrected chi connectivity index (χ1v) is 21.1. The average molecular weight is 748 g/mol. The van der Waals surface area contributed by atoms with Crippen LogP contribution in [0.2, 0.25) is 0 Å². The second-order valence-electron chi connectivity index (χ2n) is 12.4. The lowest BCUT2D eigenvalue weighted by molar-refractivity contribution is -0.161. The maximum atomic E-state index is 12.5. The van der Waals surface area contributed by atoms with Crippen molar-refractivity contribution in [2.24, 2.45) is 5.73 Å². The third-order valence-electron chi connectivity index (χ3n) is 7.53. The summed E-state index contributed by atoms with van der Waals surface area (Å²) in [7, 11) is -4.39. The molecule has 0 bridgehead atoms. The minimum absolute atomic E-state index is 0.0381. The minimum Gasteiger partial charge on any atom is -0.462 e. The van der Waals surface area contributed by atoms with Crippen LogP contribution < -0.4 is 5.73 Å². The number of hydrogen-bond donors (Lipinski definition) is 2. The molecule has 0 aromatic rings. The molecule has 0 amide bonds. The van der Waals surface area contributed by atoms with Crippen molar-refractivity contribution in [3.05, 3.63) is 85.1 Å². The van der Waals surface area contributed by atoms with Gasteiger partial charge in [-0.2, -0.15) is 0 Å². The predicted octanol–water partition coefficient (Wildman–Crippen LogP) is 10.9. The Labute approximate surface area is 315 Å². The molecule has 0 heterocycles. The molecule has 52 heavy (non-hydrogen) atoms. The Kier molecular flexibility index (Phi) is 35.9. The van der Waals surface area contributed by atoms with Crippen molar-refractivity contribution < 1.29 is 37.6 Å². The van der Waals surface area contributed by atoms with Gasteiger partial charge in [0.15, 0.2) is 6.10 Å². The summed E-state index contributed by atoms with van der Waals surface area (Å²) in [5.41, 5.74) is 5.33. The maximum absolute atomic E-state index is 12.5. The molecule has 296 valence electrons. The number of unbranched alkanes of at least 4 members (excludes halogenated alkanes) is 8. The van der Waals surface area contributed by atoms with Gasteiger partial charge >= 0.3 is 19.8 Å². The van der Waals surface area contributed by atoms with E-state index < -0.39 is 32.5 Å². The Balaban J connectivity index is 4.36. The van der Waals surface area contributed by atoms with E-state index in [1.54, 1.807) is 0 Å². The van der Waals surface area contributed by atoms with E-state index in [0.717, 1.165) is 77.0 Å². The fourth-order valence-corrected chi connectivity index (χ4v) is 5.42. The number of carbonyl (C=O) groups excluding carboxylic acids is 2. The van der Waals surface area contributed by atoms with Crippen LogP contribution in [0.3, 0.4) is 0 Å². The second kappa shape index (κ2) is 37.9. The van der Waals surface area contributed by atoms with Gasteiger partial charge < -0.3 is 20.1 Å². The number of nitrogens with two attached hydrogens (primary N) is 1. The third-order valence-corrected chi connectivity index (χ3v) is 8.51. The normalized spacial score (nSPS) is 14.3. The molecule has 1 unspecified atom stereocenters. The quantitative estimate of drug-likeness (QED) is 0.0281. The van der Waals surface area contributed by atoms with Crippen LogP contribution >= 0.6 is 7.82 Å². The number of ether oxygens (including phenoxy) is 2. The summed E-state index contributed by atoms with van der Waals surface area (Å²) in [4.78, 5) is 34.7. The van der Waals surface area contributed by atoms with Gasteiger partial charge in [0.05, 0.1) is 13.2 Å². The Morgan fingerprint density at radius 3 is 1.65 bits per heavy atom. The highest BCUT2D eigenvalue weighted by atomic mass is 31.2. The number of hydrogen-bond acceptors (Lipinski definition) is 8. The standard InChI is InChI=1S/C42H70NO8P/c1-3-5-7-9-11-13-15-17-18-19-20-21-22-23-25-26-28-30-32-34-41(44)48-38-40(39-50-52(46,47)49-37-36-43)51-42(45)35-33-31-29-27-24-16-14-12-10-8-6-4-2/h5,7,11-14,17-18,20-21,23,25,28,30,40H,3-4,6,8-10,15-16,19,22,24,26-27,29,31-39,43H2,1-2H3,(H,46,47)/b7-5+,13-11+,14-12+,18-17+,21-20+,25-23+,30-28+/t40-/m0/s1. The zero-order valence-corrected chi connectivity index (χ0v) is 33.1. The molecule has 3 N–H and O–H groups in total. The Hall–Kier alpha value is -2.81. The van der Waals surface area contributed by atoms with Gasteiger partial charge in [-0.15, -0.1) is 0 Å². The lowest BCUT2D eigenvalue weighted by atomic mass is 10.1. The fourth-order valence-electron chi connectivity index (χ4n) is 4.65. The molecule has 0 aliphatic rings. The van der Waals surface area contributed by atoms with Crippen LogP contribution in [0, 0.1) is 0 Å². The van der Waals surface area contributed by atoms with Gasteiger partial charge in [0, 0.05) is 19.4 Å². The number of phosphoric acid groups is 1. The van der Waals surface area contributed by atoms with E-state index in [9.17, 15) is 19.0 Å². The first kappa shape index (κ1) is 49.2. The lowest BCUT2D eigenvalue weighted by Gasteiger charge is -2.19. The highest BCUT2D eigenvalue weighted by Gasteiger charge is 2.25. The molecular formula is C42H70NO8P. The molecule has 0 aromatic carbocycles. The predicted molar refractivity (Wildman–Crippen MR) is 215 cm³/mol. The molecule has 0 saturated carbocycles. The number of phosphoric ester groups is 1. The van der Waals surface area contributed by atoms with Gasteiger partial charge in [-0.05, 0) is 77.0 Å². The Morgan fingerprint density at radius 2 is 1.10 bits per heavy atom. The van der Waals surface area contributed by atoms with Crippen molar-refractivity contribution in [3.8, 4) is 0 Å². The number of allylic oxidation sites excluding steroid dienone is 14. The van der Waals surface area contributed by atoms with E-state index in [4.69, 9.17) is 24.3 Å². The van der Waals surface area contributed by atoms with E-state index in [-0.39, 0.29) is 32.6 Å². The van der Waals surface area contributed by atoms with Gasteiger partial charge in [-0.1, -0.05) is 131 Å². The molecule has 9 nitrogen and oxygen atoms in total. The van der Waals surface area contributed by atoms with E-state index >= 15 is 0 Å². The lowest BCUT2D eigenvalue weighted by Crippen LogP contribution is -2.29. The number of carbonyl (C=O) groups is 2. The van der Waals surface area contributed by atoms with Crippen molar-refractivity contribution in [1.29, 1.82) is 0 Å². The molecule has 0 radical (unpaired) electrons. The summed E-state index contributed by atoms with van der Waals surface area (Å²) in [5.74, 6) is -0.948. The molecule has 0 rings (SSSR count). The Bertz CT molecular complexity index is 1130. The van der Waals surface area contributed by atoms with Crippen molar-refractivity contribution in [1.82, 2.24) is 0 Å². The summed E-state index contributed by atoms with van der Waals surface area (Å²) < 4.78 is 32.6. The highest BCUT2D eigenvalue weighted by Crippen LogP contribution is 2.43. The van der Waals surface area contributed by atoms with Gasteiger partial charge in [-0.25, -0.2) is 4.57 Å². The molecule has 2 atom stereocenters. The molecule has 0 aromatic heterocycles. The van der Waals surface area contributed by atoms with Gasteiger partial charge in [0.25, 0.3) is 0 Å². The van der Waals surface area contributed by atoms with Crippen molar-refractivity contribution in [3.63, 3.8) is 0 Å². The summed E-state index contributed by atoms with van der Waals surface area (Å²) >= 11 is 0. The second-order valence-corrected chi connectivity index (χ2v) is 13.9. The maximum Gasteiger partial charge on any atom is 0.472 e. The molecule has 0 spiro atoms. The third kappa shape index (κ3) is 37.0. The topological polar surface area (TPSA) is 134 Å². The van der Waals surface area contributed by atoms with Gasteiger partial charge in [-0.3, -0.25) is 18.6 Å². The van der Waals surface area contributed by atoms with Crippen LogP contribution in [0.4, 0.5) is 0 Å². The van der Waals surface area contributed by atoms with Crippen LogP contribution in [-0.4, -0.2) is 49.3 Å². The van der Waals surface area contributed by atoms with Crippen LogP contribution in [0.5, 0.6) is 0 Å². The van der Waals surface area contributed by atoms with Crippen LogP contribution in [0.25, 0.3) is 0 Å². The van der Waals surface area contributed by atoms with Gasteiger partial charge in [0.2, 0.25) is 0 Å². The van der Waals surface area contributed by atoms with Gasteiger partial charge in [0.1, 0.15) is 6.61 Å². The van der Waals surface area contributed by atoms with E-state index in [1.165, 1.54) is 19.3 Å². The molecular weight excluding hydrogens is 677 g/mol. The fraction of sp³-hybridized carbons (Fsp3) is 0.619. The molecule has 0 aliphatic carbocycles. The van der Waals surface area contributed by atoms with Crippen molar-refractivity contribution in [2.75, 3.05) is 26.4 Å². The SMILES string of the molecule is CC/C=C/C/C=C/C/C=C/C/C=C/C/C=C/C/C=C/CCC(=O)OC[C@@H](COP(=O)(O)OCCN)OC(=O)CCCCCCC/C=C/CCCCC. The summed E-state index contributed by atoms with van der Waals surface area (Å²) in [6, 6.07) is 0. The van der Waals surface area contributed by atoms with E-state index in [0.29, 0.717) is 12.8 Å². The minimum atomic E-state index is -4.39. The average Bonchev–Trinajstić information content (AvgIpc) is 3.13. The first-order chi connectivity index (χ1) is 25.3. The molecule has 0 fully saturated rings. The van der Waals surface area contributed by atoms with Crippen LogP contribution in [0.1, 0.15) is 136 Å². The monoisotopic (exact) mass is 747 g/mol. The smallest absolute Gasteiger partial charge is 0.462 e. The zero-order valence-electron chi connectivity index (χ0n) is 32.3. The van der Waals surface area contributed by atoms with Crippen molar-refractivity contribution >= 4 is 19.8 Å². The van der Waals surface area contributed by atoms with Crippen molar-refractivity contribution in [2.45, 2.75) is 142 Å². The first-order valence-electron chi connectivity index (χ1n) is 19.6. The largest absolute Gasteiger partial charge is 0.472 e. The summed E-state index contributed by atoms with van der Waals surface area (Å²) in [5, 5.41) is 0. The molecule has 0 aliphatic heterocycles. The Morgan fingerprint density at radius 1 is 0.596 bits per heavy atom. The zero-order chi connectivity index (χ0) is 38.2. The highest BCUT2D eigenvalue weighted by molar-refractivity contribution is 7.47.